The lowest BCUT2D eigenvalue weighted by molar-refractivity contribution is -0.231. The number of hydrogen-bond donors (Lipinski definition) is 1. The molecule has 1 N–H and O–H groups in total. The van der Waals surface area contributed by atoms with Gasteiger partial charge in [0, 0.05) is 6.92 Å². The van der Waals surface area contributed by atoms with Crippen LogP contribution in [-0.4, -0.2) is 47.9 Å². The number of rotatable bonds is 3. The standard InChI is InChI=1S/C14H27IO5Si/c1-8-11(17)12(20-21(6,7)14(3,4)5)10(15)13(18-8)19-9(2)16/h8,10-13,17H,1-7H3/t8-,10-,11+,12-,13+/m0/s1. The van der Waals surface area contributed by atoms with Crippen LogP contribution in [0.5, 0.6) is 0 Å². The van der Waals surface area contributed by atoms with Gasteiger partial charge >= 0.3 is 5.97 Å². The van der Waals surface area contributed by atoms with Crippen molar-refractivity contribution in [2.75, 3.05) is 0 Å². The Bertz CT molecular complexity index is 382. The van der Waals surface area contributed by atoms with Crippen molar-refractivity contribution in [3.63, 3.8) is 0 Å². The number of halogens is 1. The van der Waals surface area contributed by atoms with Gasteiger partial charge in [0.25, 0.3) is 0 Å². The molecule has 0 aromatic heterocycles. The molecule has 5 nitrogen and oxygen atoms in total. The monoisotopic (exact) mass is 430 g/mol. The highest BCUT2D eigenvalue weighted by Gasteiger charge is 2.49. The summed E-state index contributed by atoms with van der Waals surface area (Å²) in [7, 11) is -2.04. The number of aliphatic hydroxyl groups is 1. The van der Waals surface area contributed by atoms with E-state index in [4.69, 9.17) is 13.9 Å². The van der Waals surface area contributed by atoms with E-state index in [-0.39, 0.29) is 8.96 Å². The number of esters is 1. The lowest BCUT2D eigenvalue weighted by atomic mass is 10.0. The second kappa shape index (κ2) is 6.82. The molecule has 1 aliphatic rings. The topological polar surface area (TPSA) is 65.0 Å². The van der Waals surface area contributed by atoms with E-state index in [1.54, 1.807) is 6.92 Å². The average Bonchev–Trinajstić information content (AvgIpc) is 2.29. The smallest absolute Gasteiger partial charge is 0.304 e. The molecule has 0 unspecified atom stereocenters. The van der Waals surface area contributed by atoms with Crippen molar-refractivity contribution in [2.24, 2.45) is 0 Å². The summed E-state index contributed by atoms with van der Waals surface area (Å²) in [5.74, 6) is -0.392. The maximum Gasteiger partial charge on any atom is 0.304 e. The molecule has 5 atom stereocenters. The van der Waals surface area contributed by atoms with Crippen LogP contribution < -0.4 is 0 Å². The Balaban J connectivity index is 2.94. The summed E-state index contributed by atoms with van der Waals surface area (Å²) in [5, 5.41) is 10.5. The van der Waals surface area contributed by atoms with E-state index < -0.39 is 38.9 Å². The van der Waals surface area contributed by atoms with Crippen LogP contribution in [0.15, 0.2) is 0 Å². The molecule has 0 radical (unpaired) electrons. The zero-order valence-electron chi connectivity index (χ0n) is 13.8. The zero-order valence-corrected chi connectivity index (χ0v) is 17.0. The summed E-state index contributed by atoms with van der Waals surface area (Å²) in [6.45, 7) is 13.9. The molecule has 1 fully saturated rings. The minimum atomic E-state index is -2.04. The fourth-order valence-corrected chi connectivity index (χ4v) is 4.37. The maximum atomic E-state index is 11.2. The van der Waals surface area contributed by atoms with Gasteiger partial charge in [-0.3, -0.25) is 4.79 Å². The van der Waals surface area contributed by atoms with Crippen LogP contribution >= 0.6 is 22.6 Å². The summed E-state index contributed by atoms with van der Waals surface area (Å²) < 4.78 is 16.9. The second-order valence-corrected chi connectivity index (χ2v) is 13.3. The van der Waals surface area contributed by atoms with Crippen LogP contribution in [0, 0.1) is 0 Å². The van der Waals surface area contributed by atoms with Crippen LogP contribution in [0.1, 0.15) is 34.6 Å². The fourth-order valence-electron chi connectivity index (χ4n) is 1.89. The SMILES string of the molecule is CC(=O)O[C@H]1O[C@@H](C)[C@@H](O)[C@@H](O[Si](C)(C)C(C)(C)C)[C@@H]1I. The first-order valence-corrected chi connectivity index (χ1v) is 11.3. The summed E-state index contributed by atoms with van der Waals surface area (Å²) >= 11 is 2.14. The zero-order chi connectivity index (χ0) is 16.6. The highest BCUT2D eigenvalue weighted by molar-refractivity contribution is 14.1. The van der Waals surface area contributed by atoms with E-state index in [9.17, 15) is 9.90 Å². The Morgan fingerprint density at radius 2 is 1.86 bits per heavy atom. The molecule has 1 aliphatic heterocycles. The molecule has 0 aromatic rings. The molecule has 0 amide bonds. The Kier molecular flexibility index (Phi) is 6.28. The van der Waals surface area contributed by atoms with Gasteiger partial charge in [-0.1, -0.05) is 43.4 Å². The van der Waals surface area contributed by atoms with Crippen LogP contribution in [-0.2, 0) is 18.7 Å². The minimum Gasteiger partial charge on any atom is -0.435 e. The number of aliphatic hydroxyl groups excluding tert-OH is 1. The van der Waals surface area contributed by atoms with Crippen molar-refractivity contribution in [1.29, 1.82) is 0 Å². The molecule has 0 bridgehead atoms. The fraction of sp³-hybridized carbons (Fsp3) is 0.929. The molecule has 7 heteroatoms. The third-order valence-electron chi connectivity index (χ3n) is 4.26. The molecule has 1 rings (SSSR count). The van der Waals surface area contributed by atoms with E-state index in [0.29, 0.717) is 0 Å². The predicted octanol–water partition coefficient (Wildman–Crippen LogP) is 2.85. The van der Waals surface area contributed by atoms with Crippen molar-refractivity contribution in [2.45, 2.75) is 81.3 Å². The first-order chi connectivity index (χ1) is 9.36. The number of carbonyl (C=O) groups is 1. The molecular formula is C14H27IO5Si. The van der Waals surface area contributed by atoms with Gasteiger partial charge in [-0.2, -0.15) is 0 Å². The molecule has 0 saturated carbocycles. The van der Waals surface area contributed by atoms with Crippen molar-refractivity contribution >= 4 is 36.9 Å². The van der Waals surface area contributed by atoms with Crippen LogP contribution in [0.3, 0.4) is 0 Å². The van der Waals surface area contributed by atoms with Crippen molar-refractivity contribution in [3.05, 3.63) is 0 Å². The van der Waals surface area contributed by atoms with E-state index in [1.807, 2.05) is 0 Å². The number of carbonyl (C=O) groups excluding carboxylic acids is 1. The van der Waals surface area contributed by atoms with Crippen molar-refractivity contribution < 1.29 is 23.8 Å². The highest BCUT2D eigenvalue weighted by atomic mass is 127. The van der Waals surface area contributed by atoms with Gasteiger partial charge in [-0.25, -0.2) is 0 Å². The van der Waals surface area contributed by atoms with Crippen LogP contribution in [0.25, 0.3) is 0 Å². The lowest BCUT2D eigenvalue weighted by Crippen LogP contribution is -2.60. The Morgan fingerprint density at radius 3 is 2.29 bits per heavy atom. The number of ether oxygens (including phenoxy) is 2. The summed E-state index contributed by atoms with van der Waals surface area (Å²) in [6.07, 6.45) is -2.25. The van der Waals surface area contributed by atoms with Gasteiger partial charge in [0.2, 0.25) is 6.29 Å². The third kappa shape index (κ3) is 4.63. The van der Waals surface area contributed by atoms with E-state index >= 15 is 0 Å². The molecule has 1 saturated heterocycles. The van der Waals surface area contributed by atoms with Crippen molar-refractivity contribution in [3.8, 4) is 0 Å². The first kappa shape index (κ1) is 19.3. The Morgan fingerprint density at radius 1 is 1.33 bits per heavy atom. The largest absolute Gasteiger partial charge is 0.435 e. The van der Waals surface area contributed by atoms with Gasteiger partial charge in [-0.05, 0) is 25.1 Å². The molecular weight excluding hydrogens is 403 g/mol. The molecule has 0 aromatic carbocycles. The molecule has 21 heavy (non-hydrogen) atoms. The van der Waals surface area contributed by atoms with Gasteiger partial charge in [0.05, 0.1) is 12.2 Å². The maximum absolute atomic E-state index is 11.2. The van der Waals surface area contributed by atoms with Crippen LogP contribution in [0.4, 0.5) is 0 Å². The highest BCUT2D eigenvalue weighted by Crippen LogP contribution is 2.40. The van der Waals surface area contributed by atoms with Crippen LogP contribution in [0.2, 0.25) is 18.1 Å². The third-order valence-corrected chi connectivity index (χ3v) is 10.0. The minimum absolute atomic E-state index is 0.0432. The van der Waals surface area contributed by atoms with Gasteiger partial charge in [0.1, 0.15) is 10.0 Å². The predicted molar refractivity (Wildman–Crippen MR) is 92.0 cm³/mol. The first-order valence-electron chi connectivity index (χ1n) is 7.19. The van der Waals surface area contributed by atoms with E-state index in [0.717, 1.165) is 0 Å². The number of alkyl halides is 1. The van der Waals surface area contributed by atoms with Gasteiger partial charge < -0.3 is 19.0 Å². The lowest BCUT2D eigenvalue weighted by Gasteiger charge is -2.46. The van der Waals surface area contributed by atoms with Gasteiger partial charge in [-0.15, -0.1) is 0 Å². The number of hydrogen-bond acceptors (Lipinski definition) is 5. The summed E-state index contributed by atoms with van der Waals surface area (Å²) in [4.78, 5) is 11.2. The Labute approximate surface area is 142 Å². The second-order valence-electron chi connectivity index (χ2n) is 7.10. The molecule has 0 spiro atoms. The van der Waals surface area contributed by atoms with E-state index in [2.05, 4.69) is 56.5 Å². The molecule has 124 valence electrons. The summed E-state index contributed by atoms with van der Waals surface area (Å²) in [6, 6.07) is 0. The van der Waals surface area contributed by atoms with E-state index in [1.165, 1.54) is 6.92 Å². The Hall–Kier alpha value is 0.297. The molecule has 1 heterocycles. The summed E-state index contributed by atoms with van der Waals surface area (Å²) in [5.41, 5.74) is 0. The van der Waals surface area contributed by atoms with Gasteiger partial charge in [0.15, 0.2) is 8.32 Å². The van der Waals surface area contributed by atoms with Crippen molar-refractivity contribution in [1.82, 2.24) is 0 Å². The quantitative estimate of drug-likeness (QED) is 0.323. The average molecular weight is 430 g/mol. The molecule has 0 aliphatic carbocycles. The normalized spacial score (nSPS) is 34.6.